The SMILES string of the molecule is COc1ccc(-c2oc3c(-c4ccc(Br)cc4)c(OC)cc(OC)c3c(=O)c2OC)cc1. The van der Waals surface area contributed by atoms with Crippen LogP contribution in [0.15, 0.2) is 68.3 Å². The lowest BCUT2D eigenvalue weighted by Crippen LogP contribution is -2.10. The van der Waals surface area contributed by atoms with E-state index in [0.29, 0.717) is 39.7 Å². The predicted molar refractivity (Wildman–Crippen MR) is 127 cm³/mol. The second-order valence-corrected chi connectivity index (χ2v) is 7.80. The summed E-state index contributed by atoms with van der Waals surface area (Å²) < 4.78 is 29.2. The summed E-state index contributed by atoms with van der Waals surface area (Å²) in [6.45, 7) is 0. The lowest BCUT2D eigenvalue weighted by molar-refractivity contribution is 0.389. The number of fused-ring (bicyclic) bond motifs is 1. The van der Waals surface area contributed by atoms with Crippen LogP contribution in [-0.4, -0.2) is 28.4 Å². The van der Waals surface area contributed by atoms with Gasteiger partial charge in [0, 0.05) is 16.1 Å². The van der Waals surface area contributed by atoms with Gasteiger partial charge in [-0.15, -0.1) is 0 Å². The maximum atomic E-state index is 13.6. The Bertz CT molecular complexity index is 1320. The molecule has 4 aromatic rings. The molecule has 0 aliphatic heterocycles. The van der Waals surface area contributed by atoms with Crippen molar-refractivity contribution in [3.05, 3.63) is 69.3 Å². The highest BCUT2D eigenvalue weighted by molar-refractivity contribution is 9.10. The first-order valence-electron chi connectivity index (χ1n) is 9.72. The van der Waals surface area contributed by atoms with Crippen LogP contribution in [0.3, 0.4) is 0 Å². The highest BCUT2D eigenvalue weighted by Gasteiger charge is 2.25. The van der Waals surface area contributed by atoms with Crippen LogP contribution in [0.25, 0.3) is 33.4 Å². The molecule has 164 valence electrons. The van der Waals surface area contributed by atoms with Crippen LogP contribution in [0.2, 0.25) is 0 Å². The normalized spacial score (nSPS) is 10.8. The maximum absolute atomic E-state index is 13.6. The molecule has 32 heavy (non-hydrogen) atoms. The lowest BCUT2D eigenvalue weighted by Gasteiger charge is -2.17. The first-order chi connectivity index (χ1) is 15.5. The minimum absolute atomic E-state index is 0.0906. The molecular weight excluding hydrogens is 476 g/mol. The monoisotopic (exact) mass is 496 g/mol. The molecule has 1 aromatic heterocycles. The molecule has 0 atom stereocenters. The van der Waals surface area contributed by atoms with Gasteiger partial charge in [0.25, 0.3) is 0 Å². The van der Waals surface area contributed by atoms with Gasteiger partial charge in [0.1, 0.15) is 22.6 Å². The zero-order valence-electron chi connectivity index (χ0n) is 18.0. The van der Waals surface area contributed by atoms with Crippen LogP contribution < -0.4 is 24.4 Å². The highest BCUT2D eigenvalue weighted by Crippen LogP contribution is 2.44. The van der Waals surface area contributed by atoms with Crippen molar-refractivity contribution in [2.45, 2.75) is 0 Å². The van der Waals surface area contributed by atoms with Crippen LogP contribution in [0.1, 0.15) is 0 Å². The average Bonchev–Trinajstić information content (AvgIpc) is 2.83. The van der Waals surface area contributed by atoms with E-state index in [1.54, 1.807) is 32.4 Å². The highest BCUT2D eigenvalue weighted by atomic mass is 79.9. The van der Waals surface area contributed by atoms with Gasteiger partial charge in [-0.3, -0.25) is 4.79 Å². The predicted octanol–water partition coefficient (Wildman–Crippen LogP) is 5.92. The Morgan fingerprint density at radius 2 is 1.38 bits per heavy atom. The molecule has 0 aliphatic carbocycles. The Labute approximate surface area is 193 Å². The first-order valence-corrected chi connectivity index (χ1v) is 10.5. The number of methoxy groups -OCH3 is 4. The fourth-order valence-electron chi connectivity index (χ4n) is 3.62. The minimum atomic E-state index is -0.336. The Morgan fingerprint density at radius 1 is 0.750 bits per heavy atom. The molecule has 3 aromatic carbocycles. The quantitative estimate of drug-likeness (QED) is 0.329. The second kappa shape index (κ2) is 8.96. The van der Waals surface area contributed by atoms with E-state index in [4.69, 9.17) is 23.4 Å². The number of halogens is 1. The summed E-state index contributed by atoms with van der Waals surface area (Å²) >= 11 is 3.46. The molecule has 0 radical (unpaired) electrons. The van der Waals surface area contributed by atoms with E-state index in [0.717, 1.165) is 10.0 Å². The summed E-state index contributed by atoms with van der Waals surface area (Å²) in [6, 6.07) is 16.6. The van der Waals surface area contributed by atoms with Gasteiger partial charge in [0.05, 0.1) is 34.0 Å². The zero-order chi connectivity index (χ0) is 22.8. The van der Waals surface area contributed by atoms with Crippen LogP contribution >= 0.6 is 15.9 Å². The Balaban J connectivity index is 2.14. The third-order valence-corrected chi connectivity index (χ3v) is 5.71. The molecule has 6 nitrogen and oxygen atoms in total. The van der Waals surface area contributed by atoms with Crippen LogP contribution in [0.5, 0.6) is 23.0 Å². The van der Waals surface area contributed by atoms with Crippen molar-refractivity contribution < 1.29 is 23.4 Å². The van der Waals surface area contributed by atoms with E-state index in [1.165, 1.54) is 14.2 Å². The standard InChI is InChI=1S/C25H21BrO6/c1-28-17-11-7-15(8-12-17)23-25(31-4)22(27)21-19(30-3)13-18(29-2)20(24(21)32-23)14-5-9-16(26)10-6-14/h5-13H,1-4H3. The molecule has 1 heterocycles. The summed E-state index contributed by atoms with van der Waals surface area (Å²) in [5.41, 5.74) is 2.15. The van der Waals surface area contributed by atoms with E-state index in [9.17, 15) is 4.79 Å². The number of hydrogen-bond donors (Lipinski definition) is 0. The van der Waals surface area contributed by atoms with Gasteiger partial charge in [-0.1, -0.05) is 28.1 Å². The Morgan fingerprint density at radius 3 is 1.94 bits per heavy atom. The fraction of sp³-hybridized carbons (Fsp3) is 0.160. The van der Waals surface area contributed by atoms with Gasteiger partial charge in [0.15, 0.2) is 11.3 Å². The van der Waals surface area contributed by atoms with Gasteiger partial charge >= 0.3 is 0 Å². The summed E-state index contributed by atoms with van der Waals surface area (Å²) in [5, 5.41) is 0.278. The van der Waals surface area contributed by atoms with Crippen molar-refractivity contribution in [2.24, 2.45) is 0 Å². The zero-order valence-corrected chi connectivity index (χ0v) is 19.6. The Hall–Kier alpha value is -3.45. The molecule has 0 aliphatic rings. The Kier molecular flexibility index (Phi) is 6.10. The van der Waals surface area contributed by atoms with Crippen molar-refractivity contribution >= 4 is 26.9 Å². The summed E-state index contributed by atoms with van der Waals surface area (Å²) in [4.78, 5) is 13.6. The third-order valence-electron chi connectivity index (χ3n) is 5.18. The lowest BCUT2D eigenvalue weighted by atomic mass is 9.99. The van der Waals surface area contributed by atoms with Crippen LogP contribution in [-0.2, 0) is 0 Å². The summed E-state index contributed by atoms with van der Waals surface area (Å²) in [6.07, 6.45) is 0. The molecule has 0 amide bonds. The summed E-state index contributed by atoms with van der Waals surface area (Å²) in [5.74, 6) is 1.95. The van der Waals surface area contributed by atoms with E-state index in [1.807, 2.05) is 36.4 Å². The van der Waals surface area contributed by atoms with E-state index in [-0.39, 0.29) is 16.6 Å². The van der Waals surface area contributed by atoms with Crippen molar-refractivity contribution in [2.75, 3.05) is 28.4 Å². The van der Waals surface area contributed by atoms with Crippen molar-refractivity contribution in [1.82, 2.24) is 0 Å². The van der Waals surface area contributed by atoms with E-state index >= 15 is 0 Å². The molecule has 0 unspecified atom stereocenters. The molecule has 7 heteroatoms. The number of ether oxygens (including phenoxy) is 4. The second-order valence-electron chi connectivity index (χ2n) is 6.89. The van der Waals surface area contributed by atoms with Crippen LogP contribution in [0, 0.1) is 0 Å². The maximum Gasteiger partial charge on any atom is 0.239 e. The molecule has 0 spiro atoms. The van der Waals surface area contributed by atoms with Crippen LogP contribution in [0.4, 0.5) is 0 Å². The topological polar surface area (TPSA) is 67.1 Å². The van der Waals surface area contributed by atoms with E-state index in [2.05, 4.69) is 15.9 Å². The molecule has 0 saturated carbocycles. The molecule has 0 bridgehead atoms. The molecule has 4 rings (SSSR count). The van der Waals surface area contributed by atoms with Gasteiger partial charge in [-0.25, -0.2) is 0 Å². The smallest absolute Gasteiger partial charge is 0.239 e. The third kappa shape index (κ3) is 3.69. The van der Waals surface area contributed by atoms with Crippen molar-refractivity contribution in [3.63, 3.8) is 0 Å². The van der Waals surface area contributed by atoms with Gasteiger partial charge in [0.2, 0.25) is 11.2 Å². The molecule has 0 N–H and O–H groups in total. The van der Waals surface area contributed by atoms with Crippen molar-refractivity contribution in [1.29, 1.82) is 0 Å². The van der Waals surface area contributed by atoms with E-state index < -0.39 is 0 Å². The number of hydrogen-bond acceptors (Lipinski definition) is 6. The summed E-state index contributed by atoms with van der Waals surface area (Å²) in [7, 11) is 6.09. The largest absolute Gasteiger partial charge is 0.497 e. The molecular formula is C25H21BrO6. The molecule has 0 fully saturated rings. The average molecular weight is 497 g/mol. The van der Waals surface area contributed by atoms with Gasteiger partial charge in [-0.05, 0) is 42.0 Å². The fourth-order valence-corrected chi connectivity index (χ4v) is 3.89. The van der Waals surface area contributed by atoms with Gasteiger partial charge in [-0.2, -0.15) is 0 Å². The molecule has 0 saturated heterocycles. The number of rotatable bonds is 6. The first kappa shape index (κ1) is 21.8. The number of benzene rings is 3. The minimum Gasteiger partial charge on any atom is -0.497 e. The van der Waals surface area contributed by atoms with Gasteiger partial charge < -0.3 is 23.4 Å². The van der Waals surface area contributed by atoms with Crippen molar-refractivity contribution in [3.8, 4) is 45.4 Å².